The van der Waals surface area contributed by atoms with E-state index in [0.29, 0.717) is 25.0 Å². The summed E-state index contributed by atoms with van der Waals surface area (Å²) in [6.45, 7) is 3.87. The quantitative estimate of drug-likeness (QED) is 0.553. The van der Waals surface area contributed by atoms with E-state index in [0.717, 1.165) is 23.7 Å². The molecule has 7 heteroatoms. The number of rotatable bonds is 11. The molecular weight excluding hydrogens is 406 g/mol. The van der Waals surface area contributed by atoms with Gasteiger partial charge in [0.15, 0.2) is 5.78 Å². The average molecular weight is 438 g/mol. The van der Waals surface area contributed by atoms with Crippen LogP contribution in [0.25, 0.3) is 10.9 Å². The molecule has 1 aromatic carbocycles. The second-order valence-corrected chi connectivity index (χ2v) is 9.03. The fourth-order valence-corrected chi connectivity index (χ4v) is 4.38. The van der Waals surface area contributed by atoms with Crippen molar-refractivity contribution in [1.29, 1.82) is 5.26 Å². The number of benzene rings is 1. The predicted octanol–water partition coefficient (Wildman–Crippen LogP) is 3.94. The number of ether oxygens (including phenoxy) is 1. The summed E-state index contributed by atoms with van der Waals surface area (Å²) in [5.74, 6) is -0.172. The fraction of sp³-hybridized carbons (Fsp3) is 0.520. The monoisotopic (exact) mass is 437 g/mol. The summed E-state index contributed by atoms with van der Waals surface area (Å²) >= 11 is 0. The van der Waals surface area contributed by atoms with Gasteiger partial charge in [-0.2, -0.15) is 5.26 Å². The van der Waals surface area contributed by atoms with Gasteiger partial charge < -0.3 is 15.0 Å². The Morgan fingerprint density at radius 3 is 2.81 bits per heavy atom. The van der Waals surface area contributed by atoms with E-state index in [4.69, 9.17) is 4.74 Å². The molecule has 1 aliphatic rings. The first kappa shape index (κ1) is 23.5. The number of nitrogens with zero attached hydrogens (tertiary/aromatic N) is 1. The van der Waals surface area contributed by atoms with Crippen molar-refractivity contribution in [1.82, 2.24) is 10.3 Å². The highest BCUT2D eigenvalue weighted by atomic mass is 16.5. The molecule has 0 saturated heterocycles. The topological polar surface area (TPSA) is 112 Å². The highest BCUT2D eigenvalue weighted by Crippen LogP contribution is 2.26. The Balaban J connectivity index is 1.57. The lowest BCUT2D eigenvalue weighted by atomic mass is 9.91. The molecule has 0 bridgehead atoms. The van der Waals surface area contributed by atoms with Crippen molar-refractivity contribution in [2.24, 2.45) is 17.8 Å². The zero-order valence-corrected chi connectivity index (χ0v) is 18.7. The second kappa shape index (κ2) is 10.9. The van der Waals surface area contributed by atoms with Crippen LogP contribution in [0.4, 0.5) is 0 Å². The van der Waals surface area contributed by atoms with Crippen molar-refractivity contribution in [2.45, 2.75) is 58.4 Å². The summed E-state index contributed by atoms with van der Waals surface area (Å²) in [6, 6.07) is 8.87. The summed E-state index contributed by atoms with van der Waals surface area (Å²) in [4.78, 5) is 40.6. The third-order valence-corrected chi connectivity index (χ3v) is 5.97. The first-order valence-electron chi connectivity index (χ1n) is 11.3. The fourth-order valence-electron chi connectivity index (χ4n) is 4.38. The lowest BCUT2D eigenvalue weighted by molar-refractivity contribution is -0.131. The van der Waals surface area contributed by atoms with Crippen LogP contribution in [-0.2, 0) is 14.4 Å². The summed E-state index contributed by atoms with van der Waals surface area (Å²) in [5, 5.41) is 13.1. The van der Waals surface area contributed by atoms with Gasteiger partial charge in [-0.15, -0.1) is 0 Å². The molecule has 3 rings (SSSR count). The first-order chi connectivity index (χ1) is 15.4. The zero-order chi connectivity index (χ0) is 23.1. The molecule has 0 aliphatic heterocycles. The minimum atomic E-state index is -0.721. The number of carbonyl (C=O) groups excluding carboxylic acids is 3. The molecule has 2 N–H and O–H groups in total. The molecule has 170 valence electrons. The molecule has 1 saturated carbocycles. The maximum atomic E-state index is 12.9. The Kier molecular flexibility index (Phi) is 8.04. The van der Waals surface area contributed by atoms with E-state index in [1.807, 2.05) is 44.3 Å². The minimum Gasteiger partial charge on any atom is -0.485 e. The van der Waals surface area contributed by atoms with E-state index in [-0.39, 0.29) is 42.3 Å². The van der Waals surface area contributed by atoms with E-state index in [1.54, 1.807) is 0 Å². The van der Waals surface area contributed by atoms with E-state index >= 15 is 0 Å². The van der Waals surface area contributed by atoms with Gasteiger partial charge in [-0.1, -0.05) is 19.9 Å². The van der Waals surface area contributed by atoms with Crippen LogP contribution in [0.15, 0.2) is 30.5 Å². The van der Waals surface area contributed by atoms with Crippen LogP contribution in [0.3, 0.4) is 0 Å². The van der Waals surface area contributed by atoms with Crippen molar-refractivity contribution in [3.05, 3.63) is 30.5 Å². The molecule has 0 spiro atoms. The van der Waals surface area contributed by atoms with Gasteiger partial charge in [0, 0.05) is 41.8 Å². The molecule has 1 aliphatic carbocycles. The van der Waals surface area contributed by atoms with Gasteiger partial charge >= 0.3 is 0 Å². The van der Waals surface area contributed by atoms with E-state index in [9.17, 15) is 19.6 Å². The average Bonchev–Trinajstić information content (AvgIpc) is 3.40. The van der Waals surface area contributed by atoms with Crippen LogP contribution >= 0.6 is 0 Å². The van der Waals surface area contributed by atoms with Gasteiger partial charge in [0.1, 0.15) is 24.2 Å². The van der Waals surface area contributed by atoms with Crippen LogP contribution in [0.1, 0.15) is 52.4 Å². The predicted molar refractivity (Wildman–Crippen MR) is 121 cm³/mol. The lowest BCUT2D eigenvalue weighted by Crippen LogP contribution is -2.41. The molecule has 7 nitrogen and oxygen atoms in total. The van der Waals surface area contributed by atoms with Gasteiger partial charge in [-0.05, 0) is 49.8 Å². The summed E-state index contributed by atoms with van der Waals surface area (Å²) < 4.78 is 5.74. The number of nitrogens with one attached hydrogen (secondary N) is 2. The normalized spacial score (nSPS) is 17.8. The minimum absolute atomic E-state index is 0.0492. The van der Waals surface area contributed by atoms with Gasteiger partial charge in [0.2, 0.25) is 5.91 Å². The van der Waals surface area contributed by atoms with E-state index < -0.39 is 12.0 Å². The molecule has 1 fully saturated rings. The van der Waals surface area contributed by atoms with Crippen molar-refractivity contribution in [3.8, 4) is 11.8 Å². The number of fused-ring (bicyclic) bond motifs is 1. The molecule has 3 atom stereocenters. The van der Waals surface area contributed by atoms with Gasteiger partial charge in [0.05, 0.1) is 6.07 Å². The van der Waals surface area contributed by atoms with Crippen LogP contribution in [0.5, 0.6) is 5.75 Å². The molecular formula is C25H31N3O4. The first-order valence-corrected chi connectivity index (χ1v) is 11.3. The summed E-state index contributed by atoms with van der Waals surface area (Å²) in [7, 11) is 0. The number of amides is 1. The standard InChI is InChI=1S/C25H31N3O4/c1-16(2)11-18(25(31)28-19(14-26)12-17-5-3-7-23(17)30)13-20(29)15-32-24-8-4-6-22-21(24)9-10-27-22/h4,6,8-10,16-19,27H,3,5,7,11-13,15H2,1-2H3,(H,28,31)/t17-,18+,19-/m0/s1. The van der Waals surface area contributed by atoms with Crippen LogP contribution in [-0.4, -0.2) is 35.1 Å². The summed E-state index contributed by atoms with van der Waals surface area (Å²) in [5.41, 5.74) is 0.926. The highest BCUT2D eigenvalue weighted by Gasteiger charge is 2.30. The Morgan fingerprint density at radius 2 is 2.12 bits per heavy atom. The van der Waals surface area contributed by atoms with Crippen molar-refractivity contribution < 1.29 is 19.1 Å². The van der Waals surface area contributed by atoms with Gasteiger partial charge in [0.25, 0.3) is 0 Å². The number of aromatic amines is 1. The number of Topliss-reactive ketones (excluding diaryl/α,β-unsaturated/α-hetero) is 2. The molecule has 1 heterocycles. The number of ketones is 2. The van der Waals surface area contributed by atoms with Crippen LogP contribution in [0.2, 0.25) is 0 Å². The number of hydrogen-bond donors (Lipinski definition) is 2. The molecule has 32 heavy (non-hydrogen) atoms. The van der Waals surface area contributed by atoms with Crippen molar-refractivity contribution >= 4 is 28.4 Å². The number of aromatic nitrogens is 1. The van der Waals surface area contributed by atoms with Crippen molar-refractivity contribution in [3.63, 3.8) is 0 Å². The van der Waals surface area contributed by atoms with Crippen LogP contribution in [0, 0.1) is 29.1 Å². The Hall–Kier alpha value is -3.14. The molecule has 0 radical (unpaired) electrons. The second-order valence-electron chi connectivity index (χ2n) is 9.03. The maximum absolute atomic E-state index is 12.9. The largest absolute Gasteiger partial charge is 0.485 e. The number of nitriles is 1. The maximum Gasteiger partial charge on any atom is 0.224 e. The SMILES string of the molecule is CC(C)C[C@H](CC(=O)COc1cccc2[nH]ccc12)C(=O)N[C@H](C#N)C[C@@H]1CCCC1=O. The third-order valence-electron chi connectivity index (χ3n) is 5.97. The van der Waals surface area contributed by atoms with E-state index in [1.165, 1.54) is 0 Å². The van der Waals surface area contributed by atoms with Gasteiger partial charge in [-0.25, -0.2) is 0 Å². The summed E-state index contributed by atoms with van der Waals surface area (Å²) in [6.07, 6.45) is 4.90. The Labute approximate surface area is 188 Å². The Bertz CT molecular complexity index is 1000. The lowest BCUT2D eigenvalue weighted by Gasteiger charge is -2.21. The number of carbonyl (C=O) groups is 3. The number of H-pyrrole nitrogens is 1. The third kappa shape index (κ3) is 6.19. The van der Waals surface area contributed by atoms with Gasteiger partial charge in [-0.3, -0.25) is 14.4 Å². The molecule has 2 aromatic rings. The number of hydrogen-bond acceptors (Lipinski definition) is 5. The molecule has 0 unspecified atom stereocenters. The Morgan fingerprint density at radius 1 is 1.31 bits per heavy atom. The smallest absolute Gasteiger partial charge is 0.224 e. The zero-order valence-electron chi connectivity index (χ0n) is 18.7. The molecule has 1 aromatic heterocycles. The van der Waals surface area contributed by atoms with Crippen LogP contribution < -0.4 is 10.1 Å². The van der Waals surface area contributed by atoms with E-state index in [2.05, 4.69) is 16.4 Å². The highest BCUT2D eigenvalue weighted by molar-refractivity contribution is 5.89. The van der Waals surface area contributed by atoms with Crippen molar-refractivity contribution in [2.75, 3.05) is 6.61 Å². The molecule has 1 amide bonds.